The number of benzene rings is 6. The van der Waals surface area contributed by atoms with Crippen LogP contribution in [0, 0.1) is 0 Å². The van der Waals surface area contributed by atoms with Crippen LogP contribution in [0.1, 0.15) is 0 Å². The lowest BCUT2D eigenvalue weighted by Gasteiger charge is -2.08. The smallest absolute Gasteiger partial charge is 0.195 e. The third-order valence-corrected chi connectivity index (χ3v) is 8.10. The highest BCUT2D eigenvalue weighted by Crippen LogP contribution is 2.57. The molecular weight excluding hydrogens is 416 g/mol. The summed E-state index contributed by atoms with van der Waals surface area (Å²) in [5.74, 6) is 0. The predicted molar refractivity (Wildman–Crippen MR) is 145 cm³/mol. The minimum atomic E-state index is 0.0372. The van der Waals surface area contributed by atoms with Gasteiger partial charge in [0.05, 0.1) is 0 Å². The number of nitrogen functional groups attached to an aromatic ring is 2. The molecule has 0 aliphatic heterocycles. The van der Waals surface area contributed by atoms with Gasteiger partial charge in [0.1, 0.15) is 0 Å². The summed E-state index contributed by atoms with van der Waals surface area (Å²) in [5, 5.41) is 13.1. The summed E-state index contributed by atoms with van der Waals surface area (Å²) in [6, 6.07) is 25.2. The quantitative estimate of drug-likeness (QED) is 0.251. The summed E-state index contributed by atoms with van der Waals surface area (Å²) < 4.78 is 0. The molecule has 9 rings (SSSR count). The van der Waals surface area contributed by atoms with Gasteiger partial charge in [0, 0.05) is 55.2 Å². The van der Waals surface area contributed by atoms with Crippen molar-refractivity contribution in [2.24, 2.45) is 0 Å². The minimum absolute atomic E-state index is 0.0372. The molecule has 0 saturated heterocycles. The Labute approximate surface area is 192 Å². The van der Waals surface area contributed by atoms with Crippen molar-refractivity contribution in [3.05, 3.63) is 83.0 Å². The molecule has 0 bridgehead atoms. The fourth-order valence-electron chi connectivity index (χ4n) is 6.92. The van der Waals surface area contributed by atoms with E-state index in [0.29, 0.717) is 11.4 Å². The Balaban J connectivity index is 1.67. The fourth-order valence-corrected chi connectivity index (χ4v) is 6.92. The third-order valence-electron chi connectivity index (χ3n) is 8.10. The lowest BCUT2D eigenvalue weighted by Crippen LogP contribution is -2.00. The second kappa shape index (κ2) is 5.13. The van der Waals surface area contributed by atoms with E-state index in [9.17, 15) is 4.79 Å². The van der Waals surface area contributed by atoms with Gasteiger partial charge in [-0.1, -0.05) is 60.7 Å². The first-order valence-electron chi connectivity index (χ1n) is 11.5. The van der Waals surface area contributed by atoms with E-state index < -0.39 is 0 Å². The zero-order valence-electron chi connectivity index (χ0n) is 18.0. The Hall–Kier alpha value is -4.63. The molecule has 3 aliphatic carbocycles. The van der Waals surface area contributed by atoms with Crippen LogP contribution in [0.4, 0.5) is 11.4 Å². The molecule has 0 spiro atoms. The van der Waals surface area contributed by atoms with Crippen LogP contribution < -0.4 is 16.9 Å². The Morgan fingerprint density at radius 1 is 0.441 bits per heavy atom. The van der Waals surface area contributed by atoms with Gasteiger partial charge in [0.15, 0.2) is 5.43 Å². The monoisotopic (exact) mass is 432 g/mol. The van der Waals surface area contributed by atoms with Crippen molar-refractivity contribution in [3.8, 4) is 22.3 Å². The second-order valence-corrected chi connectivity index (χ2v) is 9.65. The maximum atomic E-state index is 14.2. The molecule has 0 aromatic heterocycles. The zero-order chi connectivity index (χ0) is 22.5. The molecule has 34 heavy (non-hydrogen) atoms. The van der Waals surface area contributed by atoms with Crippen LogP contribution in [0.3, 0.4) is 0 Å². The first-order chi connectivity index (χ1) is 16.6. The number of hydrogen-bond donors (Lipinski definition) is 2. The Kier molecular flexibility index (Phi) is 2.55. The van der Waals surface area contributed by atoms with Crippen LogP contribution in [0.25, 0.3) is 86.9 Å². The topological polar surface area (TPSA) is 69.1 Å². The molecule has 3 aliphatic rings. The van der Waals surface area contributed by atoms with E-state index in [2.05, 4.69) is 60.7 Å². The number of rotatable bonds is 0. The van der Waals surface area contributed by atoms with Crippen molar-refractivity contribution >= 4 is 76.0 Å². The average Bonchev–Trinajstić information content (AvgIpc) is 3.45. The molecule has 0 heterocycles. The largest absolute Gasteiger partial charge is 0.398 e. The van der Waals surface area contributed by atoms with E-state index in [0.717, 1.165) is 65.3 Å². The first kappa shape index (κ1) is 16.9. The summed E-state index contributed by atoms with van der Waals surface area (Å²) in [4.78, 5) is 14.2. The van der Waals surface area contributed by atoms with Crippen molar-refractivity contribution in [1.29, 1.82) is 0 Å². The highest BCUT2D eigenvalue weighted by Gasteiger charge is 2.35. The number of nitrogens with two attached hydrogens (primary N) is 2. The molecule has 0 fully saturated rings. The van der Waals surface area contributed by atoms with Gasteiger partial charge >= 0.3 is 0 Å². The number of fused-ring (bicyclic) bond motifs is 7. The summed E-state index contributed by atoms with van der Waals surface area (Å²) in [7, 11) is 0. The van der Waals surface area contributed by atoms with Crippen molar-refractivity contribution in [2.45, 2.75) is 0 Å². The molecule has 0 unspecified atom stereocenters. The maximum Gasteiger partial charge on any atom is 0.195 e. The third kappa shape index (κ3) is 1.59. The summed E-state index contributed by atoms with van der Waals surface area (Å²) >= 11 is 0. The van der Waals surface area contributed by atoms with E-state index in [1.54, 1.807) is 0 Å². The van der Waals surface area contributed by atoms with Crippen LogP contribution in [-0.4, -0.2) is 0 Å². The van der Waals surface area contributed by atoms with E-state index >= 15 is 0 Å². The predicted octanol–water partition coefficient (Wildman–Crippen LogP) is 7.09. The summed E-state index contributed by atoms with van der Waals surface area (Å²) in [6.07, 6.45) is 0. The number of anilines is 2. The molecule has 0 saturated carbocycles. The normalized spacial score (nSPS) is 13.1. The minimum Gasteiger partial charge on any atom is -0.398 e. The molecule has 6 aromatic carbocycles. The molecule has 3 nitrogen and oxygen atoms in total. The Bertz CT molecular complexity index is 2100. The zero-order valence-corrected chi connectivity index (χ0v) is 18.0. The van der Waals surface area contributed by atoms with Gasteiger partial charge in [-0.05, 0) is 55.2 Å². The maximum absolute atomic E-state index is 14.2. The van der Waals surface area contributed by atoms with Crippen LogP contribution in [-0.2, 0) is 0 Å². The molecular formula is C31H16N2O. The second-order valence-electron chi connectivity index (χ2n) is 9.65. The Morgan fingerprint density at radius 3 is 1.35 bits per heavy atom. The van der Waals surface area contributed by atoms with Gasteiger partial charge in [-0.25, -0.2) is 0 Å². The standard InChI is InChI=1S/C31H16N2O/c32-19-11-15-5-1-3-13-7-9-17-23(21(13)15)27(19)29-25(17)26-18-10-8-14-4-2-6-16-12-20(33)28(24(18)22(14)16)30(26)31(29)34/h1-12H,32-33H2. The van der Waals surface area contributed by atoms with Crippen LogP contribution in [0.2, 0.25) is 0 Å². The van der Waals surface area contributed by atoms with E-state index in [1.807, 2.05) is 12.1 Å². The molecule has 0 atom stereocenters. The number of hydrogen-bond acceptors (Lipinski definition) is 3. The molecule has 156 valence electrons. The fraction of sp³-hybridized carbons (Fsp3) is 0. The van der Waals surface area contributed by atoms with Gasteiger partial charge < -0.3 is 11.5 Å². The molecule has 3 heteroatoms. The van der Waals surface area contributed by atoms with Crippen LogP contribution >= 0.6 is 0 Å². The highest BCUT2D eigenvalue weighted by atomic mass is 16.1. The van der Waals surface area contributed by atoms with Gasteiger partial charge in [0.2, 0.25) is 0 Å². The summed E-state index contributed by atoms with van der Waals surface area (Å²) in [5.41, 5.74) is 18.1. The van der Waals surface area contributed by atoms with E-state index in [4.69, 9.17) is 11.5 Å². The van der Waals surface area contributed by atoms with Gasteiger partial charge in [-0.2, -0.15) is 0 Å². The lowest BCUT2D eigenvalue weighted by atomic mass is 9.96. The van der Waals surface area contributed by atoms with Crippen LogP contribution in [0.5, 0.6) is 0 Å². The van der Waals surface area contributed by atoms with E-state index in [-0.39, 0.29) is 5.43 Å². The molecule has 4 N–H and O–H groups in total. The SMILES string of the molecule is Nc1cc2cccc3ccc4c5c6c7ccc8cccc9cc(N)c(c-6c(=O)c-5c1c4c32)c7c89. The molecule has 0 amide bonds. The van der Waals surface area contributed by atoms with Crippen molar-refractivity contribution in [2.75, 3.05) is 11.5 Å². The van der Waals surface area contributed by atoms with Gasteiger partial charge in [-0.3, -0.25) is 4.79 Å². The lowest BCUT2D eigenvalue weighted by molar-refractivity contribution is 1.75. The highest BCUT2D eigenvalue weighted by molar-refractivity contribution is 6.41. The Morgan fingerprint density at radius 2 is 0.882 bits per heavy atom. The molecule has 0 radical (unpaired) electrons. The van der Waals surface area contributed by atoms with Gasteiger partial charge in [0.25, 0.3) is 0 Å². The van der Waals surface area contributed by atoms with Crippen LogP contribution in [0.15, 0.2) is 77.6 Å². The summed E-state index contributed by atoms with van der Waals surface area (Å²) in [6.45, 7) is 0. The van der Waals surface area contributed by atoms with Gasteiger partial charge in [-0.15, -0.1) is 0 Å². The van der Waals surface area contributed by atoms with E-state index in [1.165, 1.54) is 21.5 Å². The van der Waals surface area contributed by atoms with Crippen molar-refractivity contribution in [3.63, 3.8) is 0 Å². The van der Waals surface area contributed by atoms with Crippen molar-refractivity contribution in [1.82, 2.24) is 0 Å². The average molecular weight is 432 g/mol. The molecule has 6 aromatic rings. The first-order valence-corrected chi connectivity index (χ1v) is 11.5. The van der Waals surface area contributed by atoms with Crippen molar-refractivity contribution < 1.29 is 0 Å².